The van der Waals surface area contributed by atoms with Gasteiger partial charge < -0.3 is 11.1 Å². The smallest absolute Gasteiger partial charge is 0.227 e. The van der Waals surface area contributed by atoms with Gasteiger partial charge in [0.15, 0.2) is 0 Å². The van der Waals surface area contributed by atoms with Gasteiger partial charge >= 0.3 is 0 Å². The molecule has 2 unspecified atom stereocenters. The maximum atomic E-state index is 12.6. The fraction of sp³-hybridized carbons (Fsp3) is 0.944. The molecule has 2 rings (SSSR count). The predicted octanol–water partition coefficient (Wildman–Crippen LogP) is 3.62. The Bertz CT molecular complexity index is 371. The van der Waals surface area contributed by atoms with Gasteiger partial charge in [-0.2, -0.15) is 0 Å². The summed E-state index contributed by atoms with van der Waals surface area (Å²) in [5.41, 5.74) is 6.26. The van der Waals surface area contributed by atoms with Crippen molar-refractivity contribution in [2.45, 2.75) is 91.1 Å². The quantitative estimate of drug-likeness (QED) is 0.832. The van der Waals surface area contributed by atoms with Gasteiger partial charge in [-0.05, 0) is 56.8 Å². The first kappa shape index (κ1) is 16.8. The van der Waals surface area contributed by atoms with Crippen LogP contribution in [-0.2, 0) is 4.79 Å². The molecule has 2 aliphatic carbocycles. The second kappa shape index (κ2) is 6.28. The summed E-state index contributed by atoms with van der Waals surface area (Å²) in [6.45, 7) is 9.10. The summed E-state index contributed by atoms with van der Waals surface area (Å²) in [4.78, 5) is 12.6. The van der Waals surface area contributed by atoms with Crippen LogP contribution in [0.5, 0.6) is 0 Å². The van der Waals surface area contributed by atoms with Gasteiger partial charge in [0.2, 0.25) is 5.91 Å². The van der Waals surface area contributed by atoms with Crippen LogP contribution in [0, 0.1) is 16.7 Å². The molecule has 3 nitrogen and oxygen atoms in total. The van der Waals surface area contributed by atoms with E-state index < -0.39 is 0 Å². The molecule has 2 saturated carbocycles. The van der Waals surface area contributed by atoms with Crippen molar-refractivity contribution in [3.8, 4) is 0 Å². The third-order valence-corrected chi connectivity index (χ3v) is 6.63. The third-order valence-electron chi connectivity index (χ3n) is 6.63. The lowest BCUT2D eigenvalue weighted by Crippen LogP contribution is -2.51. The summed E-state index contributed by atoms with van der Waals surface area (Å²) in [5.74, 6) is 1.01. The predicted molar refractivity (Wildman–Crippen MR) is 87.9 cm³/mol. The van der Waals surface area contributed by atoms with E-state index in [4.69, 9.17) is 5.73 Å². The minimum Gasteiger partial charge on any atom is -0.353 e. The van der Waals surface area contributed by atoms with Crippen LogP contribution in [0.4, 0.5) is 0 Å². The van der Waals surface area contributed by atoms with Crippen LogP contribution in [0.2, 0.25) is 0 Å². The molecule has 0 bridgehead atoms. The van der Waals surface area contributed by atoms with Crippen LogP contribution in [0.15, 0.2) is 0 Å². The molecule has 122 valence electrons. The van der Waals surface area contributed by atoms with Gasteiger partial charge in [0.05, 0.1) is 5.41 Å². The van der Waals surface area contributed by atoms with Gasteiger partial charge in [-0.25, -0.2) is 0 Å². The van der Waals surface area contributed by atoms with Gasteiger partial charge in [0.25, 0.3) is 0 Å². The largest absolute Gasteiger partial charge is 0.353 e. The van der Waals surface area contributed by atoms with Gasteiger partial charge in [0.1, 0.15) is 0 Å². The van der Waals surface area contributed by atoms with Crippen molar-refractivity contribution in [3.63, 3.8) is 0 Å². The van der Waals surface area contributed by atoms with E-state index in [1.165, 1.54) is 19.3 Å². The van der Waals surface area contributed by atoms with E-state index in [0.29, 0.717) is 11.5 Å². The second-order valence-electron chi connectivity index (χ2n) is 8.28. The number of rotatable bonds is 4. The third kappa shape index (κ3) is 3.44. The zero-order chi connectivity index (χ0) is 15.7. The Morgan fingerprint density at radius 2 is 1.86 bits per heavy atom. The molecule has 0 spiro atoms. The lowest BCUT2D eigenvalue weighted by molar-refractivity contribution is -0.131. The Morgan fingerprint density at radius 3 is 2.33 bits per heavy atom. The monoisotopic (exact) mass is 294 g/mol. The fourth-order valence-electron chi connectivity index (χ4n) is 4.13. The molecule has 0 heterocycles. The van der Waals surface area contributed by atoms with Crippen molar-refractivity contribution in [2.24, 2.45) is 22.5 Å². The first-order chi connectivity index (χ1) is 9.79. The van der Waals surface area contributed by atoms with Crippen LogP contribution in [0.1, 0.15) is 79.1 Å². The normalized spacial score (nSPS) is 37.5. The maximum Gasteiger partial charge on any atom is 0.227 e. The zero-order valence-corrected chi connectivity index (χ0v) is 14.4. The molecule has 0 aliphatic heterocycles. The molecule has 3 heteroatoms. The summed E-state index contributed by atoms with van der Waals surface area (Å²) in [6, 6.07) is 0.402. The highest BCUT2D eigenvalue weighted by atomic mass is 16.2. The van der Waals surface area contributed by atoms with E-state index in [1.807, 2.05) is 6.92 Å². The molecule has 0 aromatic carbocycles. The number of hydrogen-bond donors (Lipinski definition) is 2. The highest BCUT2D eigenvalue weighted by molar-refractivity contribution is 5.83. The van der Waals surface area contributed by atoms with Crippen molar-refractivity contribution in [3.05, 3.63) is 0 Å². The Kier molecular flexibility index (Phi) is 5.02. The maximum absolute atomic E-state index is 12.6. The molecule has 2 atom stereocenters. The number of carbonyl (C=O) groups excluding carboxylic acids is 1. The molecular formula is C18H34N2O. The minimum atomic E-state index is -0.334. The van der Waals surface area contributed by atoms with Crippen molar-refractivity contribution >= 4 is 5.91 Å². The lowest BCUT2D eigenvalue weighted by Gasteiger charge is -2.40. The molecule has 2 fully saturated rings. The van der Waals surface area contributed by atoms with Crippen LogP contribution in [0.25, 0.3) is 0 Å². The standard InChI is InChI=1S/C18H34N2O/c1-5-17(2,3)13-8-10-14(11-9-13)20-16(21)18(4)12-6-7-15(18)19/h13-15H,5-12,19H2,1-4H3,(H,20,21). The highest BCUT2D eigenvalue weighted by Gasteiger charge is 2.44. The Balaban J connectivity index is 1.85. The zero-order valence-electron chi connectivity index (χ0n) is 14.4. The molecule has 0 saturated heterocycles. The fourth-order valence-corrected chi connectivity index (χ4v) is 4.13. The lowest BCUT2D eigenvalue weighted by atomic mass is 9.69. The van der Waals surface area contributed by atoms with Gasteiger partial charge in [0, 0.05) is 12.1 Å². The van der Waals surface area contributed by atoms with Crippen LogP contribution < -0.4 is 11.1 Å². The number of nitrogens with one attached hydrogen (secondary N) is 1. The number of carbonyl (C=O) groups is 1. The number of hydrogen-bond acceptors (Lipinski definition) is 2. The van der Waals surface area contributed by atoms with E-state index >= 15 is 0 Å². The van der Waals surface area contributed by atoms with Crippen molar-refractivity contribution < 1.29 is 4.79 Å². The molecular weight excluding hydrogens is 260 g/mol. The Labute approximate surface area is 130 Å². The van der Waals surface area contributed by atoms with Crippen molar-refractivity contribution in [1.82, 2.24) is 5.32 Å². The Morgan fingerprint density at radius 1 is 1.24 bits per heavy atom. The summed E-state index contributed by atoms with van der Waals surface area (Å²) in [7, 11) is 0. The number of nitrogens with two attached hydrogens (primary N) is 1. The Hall–Kier alpha value is -0.570. The summed E-state index contributed by atoms with van der Waals surface area (Å²) < 4.78 is 0. The van der Waals surface area contributed by atoms with Crippen LogP contribution >= 0.6 is 0 Å². The molecule has 3 N–H and O–H groups in total. The molecule has 0 aromatic rings. The van der Waals surface area contributed by atoms with Crippen LogP contribution in [0.3, 0.4) is 0 Å². The van der Waals surface area contributed by atoms with Gasteiger partial charge in [-0.3, -0.25) is 4.79 Å². The second-order valence-corrected chi connectivity index (χ2v) is 8.28. The van der Waals surface area contributed by atoms with E-state index in [2.05, 4.69) is 26.1 Å². The van der Waals surface area contributed by atoms with Gasteiger partial charge in [-0.1, -0.05) is 33.6 Å². The summed E-state index contributed by atoms with van der Waals surface area (Å²) >= 11 is 0. The number of amides is 1. The van der Waals surface area contributed by atoms with Crippen molar-refractivity contribution in [2.75, 3.05) is 0 Å². The minimum absolute atomic E-state index is 0.0351. The highest BCUT2D eigenvalue weighted by Crippen LogP contribution is 2.41. The van der Waals surface area contributed by atoms with Crippen LogP contribution in [-0.4, -0.2) is 18.0 Å². The van der Waals surface area contributed by atoms with Gasteiger partial charge in [-0.15, -0.1) is 0 Å². The topological polar surface area (TPSA) is 55.1 Å². The molecule has 0 aromatic heterocycles. The average Bonchev–Trinajstić information content (AvgIpc) is 2.80. The summed E-state index contributed by atoms with van der Waals surface area (Å²) in [6.07, 6.45) is 9.00. The van der Waals surface area contributed by atoms with E-state index in [0.717, 1.165) is 38.0 Å². The van der Waals surface area contributed by atoms with E-state index in [9.17, 15) is 4.79 Å². The molecule has 0 radical (unpaired) electrons. The molecule has 21 heavy (non-hydrogen) atoms. The first-order valence-electron chi connectivity index (χ1n) is 8.86. The first-order valence-corrected chi connectivity index (χ1v) is 8.86. The SMILES string of the molecule is CCC(C)(C)C1CCC(NC(=O)C2(C)CCCC2N)CC1. The van der Waals surface area contributed by atoms with E-state index in [-0.39, 0.29) is 17.4 Å². The van der Waals surface area contributed by atoms with E-state index in [1.54, 1.807) is 0 Å². The summed E-state index contributed by atoms with van der Waals surface area (Å²) in [5, 5.41) is 3.30. The molecule has 1 amide bonds. The average molecular weight is 294 g/mol. The molecule has 2 aliphatic rings. The van der Waals surface area contributed by atoms with Crippen molar-refractivity contribution in [1.29, 1.82) is 0 Å².